The Morgan fingerprint density at radius 2 is 2.23 bits per heavy atom. The molecule has 1 aromatic heterocycles. The van der Waals surface area contributed by atoms with Gasteiger partial charge in [0.15, 0.2) is 5.82 Å². The molecule has 0 saturated carbocycles. The summed E-state index contributed by atoms with van der Waals surface area (Å²) in [5.41, 5.74) is 1.34. The molecule has 1 aromatic carbocycles. The van der Waals surface area contributed by atoms with Crippen molar-refractivity contribution in [1.82, 2.24) is 14.5 Å². The number of halogens is 1. The highest BCUT2D eigenvalue weighted by atomic mass is 19.1. The molecule has 1 aliphatic heterocycles. The highest BCUT2D eigenvalue weighted by molar-refractivity contribution is 5.76. The second-order valence-electron chi connectivity index (χ2n) is 6.01. The Kier molecular flexibility index (Phi) is 4.74. The fourth-order valence-corrected chi connectivity index (χ4v) is 3.56. The summed E-state index contributed by atoms with van der Waals surface area (Å²) < 4.78 is 16.1. The molecule has 120 valence electrons. The van der Waals surface area contributed by atoms with E-state index >= 15 is 0 Å². The van der Waals surface area contributed by atoms with Gasteiger partial charge in [-0.15, -0.1) is 0 Å². The molecule has 0 spiro atoms. The number of hydrogen-bond acceptors (Lipinski definition) is 3. The first-order valence-electron chi connectivity index (χ1n) is 8.23. The first-order chi connectivity index (χ1) is 10.7. The topological polar surface area (TPSA) is 41.3 Å². The van der Waals surface area contributed by atoms with Crippen molar-refractivity contribution in [2.45, 2.75) is 51.7 Å². The number of aromatic nitrogens is 2. The van der Waals surface area contributed by atoms with Gasteiger partial charge >= 0.3 is 0 Å². The molecule has 1 atom stereocenters. The second-order valence-corrected chi connectivity index (χ2v) is 6.01. The summed E-state index contributed by atoms with van der Waals surface area (Å²) >= 11 is 0. The van der Waals surface area contributed by atoms with Crippen LogP contribution in [-0.4, -0.2) is 38.8 Å². The van der Waals surface area contributed by atoms with E-state index in [-0.39, 0.29) is 12.4 Å². The predicted octanol–water partition coefficient (Wildman–Crippen LogP) is 2.93. The van der Waals surface area contributed by atoms with E-state index < -0.39 is 0 Å². The molecule has 4 nitrogen and oxygen atoms in total. The Balaban J connectivity index is 1.90. The summed E-state index contributed by atoms with van der Waals surface area (Å²) in [6, 6.07) is 5.55. The highest BCUT2D eigenvalue weighted by Gasteiger charge is 2.24. The van der Waals surface area contributed by atoms with E-state index in [4.69, 9.17) is 0 Å². The molecular weight excluding hydrogens is 281 g/mol. The number of piperidine rings is 1. The zero-order chi connectivity index (χ0) is 15.5. The lowest BCUT2D eigenvalue weighted by molar-refractivity contribution is 0.109. The monoisotopic (exact) mass is 305 g/mol. The Morgan fingerprint density at radius 1 is 1.36 bits per heavy atom. The Hall–Kier alpha value is -1.46. The molecule has 1 saturated heterocycles. The molecule has 0 radical (unpaired) electrons. The van der Waals surface area contributed by atoms with E-state index in [2.05, 4.69) is 21.4 Å². The smallest absolute Gasteiger partial charge is 0.151 e. The van der Waals surface area contributed by atoms with Crippen LogP contribution < -0.4 is 0 Å². The highest BCUT2D eigenvalue weighted by Crippen LogP contribution is 2.24. The number of aryl methyl sites for hydroxylation is 1. The number of fused-ring (bicyclic) bond motifs is 1. The number of aliphatic hydroxyl groups excluding tert-OH is 1. The average Bonchev–Trinajstić information content (AvgIpc) is 2.88. The number of nitrogens with zero attached hydrogens (tertiary/aromatic N) is 3. The molecule has 0 aliphatic carbocycles. The van der Waals surface area contributed by atoms with Gasteiger partial charge in [-0.25, -0.2) is 9.37 Å². The van der Waals surface area contributed by atoms with Gasteiger partial charge in [0.2, 0.25) is 0 Å². The van der Waals surface area contributed by atoms with Crippen molar-refractivity contribution in [1.29, 1.82) is 0 Å². The van der Waals surface area contributed by atoms with Crippen molar-refractivity contribution in [3.05, 3.63) is 29.8 Å². The van der Waals surface area contributed by atoms with Crippen molar-refractivity contribution in [2.24, 2.45) is 0 Å². The molecular formula is C17H24FN3O. The normalized spacial score (nSPS) is 19.9. The number of para-hydroxylation sites is 1. The minimum absolute atomic E-state index is 0.222. The Bertz CT molecular complexity index is 638. The molecule has 1 aliphatic rings. The molecule has 0 bridgehead atoms. The molecule has 2 aromatic rings. The van der Waals surface area contributed by atoms with E-state index in [1.54, 1.807) is 6.07 Å². The summed E-state index contributed by atoms with van der Waals surface area (Å²) in [4.78, 5) is 6.95. The Morgan fingerprint density at radius 3 is 3.00 bits per heavy atom. The van der Waals surface area contributed by atoms with Crippen molar-refractivity contribution >= 4 is 11.0 Å². The van der Waals surface area contributed by atoms with Crippen LogP contribution in [0.2, 0.25) is 0 Å². The maximum absolute atomic E-state index is 14.0. The summed E-state index contributed by atoms with van der Waals surface area (Å²) in [5, 5.41) is 9.26. The first-order valence-corrected chi connectivity index (χ1v) is 8.23. The molecule has 5 heteroatoms. The van der Waals surface area contributed by atoms with Gasteiger partial charge in [-0.3, -0.25) is 4.90 Å². The van der Waals surface area contributed by atoms with Crippen molar-refractivity contribution in [3.8, 4) is 0 Å². The third-order valence-electron chi connectivity index (χ3n) is 4.68. The minimum Gasteiger partial charge on any atom is -0.396 e. The Labute approximate surface area is 130 Å². The van der Waals surface area contributed by atoms with Crippen LogP contribution in [0.25, 0.3) is 11.0 Å². The van der Waals surface area contributed by atoms with Gasteiger partial charge in [0.25, 0.3) is 0 Å². The van der Waals surface area contributed by atoms with Crippen molar-refractivity contribution in [3.63, 3.8) is 0 Å². The largest absolute Gasteiger partial charge is 0.396 e. The lowest BCUT2D eigenvalue weighted by Gasteiger charge is -2.35. The molecule has 2 heterocycles. The third-order valence-corrected chi connectivity index (χ3v) is 4.68. The van der Waals surface area contributed by atoms with Crippen molar-refractivity contribution < 1.29 is 9.50 Å². The van der Waals surface area contributed by atoms with E-state index in [0.29, 0.717) is 11.6 Å². The molecule has 1 fully saturated rings. The third kappa shape index (κ3) is 2.88. The number of hydrogen-bond donors (Lipinski definition) is 1. The standard InChI is InChI=1S/C17H24FN3O/c1-2-21-15-8-5-7-14(18)17(15)19-16(21)12-20-10-4-3-6-13(20)9-11-22/h5,7-8,13,22H,2-4,6,9-12H2,1H3. The lowest BCUT2D eigenvalue weighted by Crippen LogP contribution is -2.40. The van der Waals surface area contributed by atoms with Gasteiger partial charge in [0, 0.05) is 19.2 Å². The molecule has 0 amide bonds. The first kappa shape index (κ1) is 15.4. The van der Waals surface area contributed by atoms with Crippen LogP contribution in [-0.2, 0) is 13.1 Å². The number of benzene rings is 1. The van der Waals surface area contributed by atoms with Crippen LogP contribution in [0.5, 0.6) is 0 Å². The van der Waals surface area contributed by atoms with Gasteiger partial charge in [-0.1, -0.05) is 12.5 Å². The maximum Gasteiger partial charge on any atom is 0.151 e. The average molecular weight is 305 g/mol. The zero-order valence-electron chi connectivity index (χ0n) is 13.1. The fraction of sp³-hybridized carbons (Fsp3) is 0.588. The zero-order valence-corrected chi connectivity index (χ0v) is 13.1. The van der Waals surface area contributed by atoms with Crippen LogP contribution in [0.3, 0.4) is 0 Å². The van der Waals surface area contributed by atoms with E-state index in [9.17, 15) is 9.50 Å². The van der Waals surface area contributed by atoms with Gasteiger partial charge in [0.05, 0.1) is 12.1 Å². The van der Waals surface area contributed by atoms with Crippen LogP contribution in [0.1, 0.15) is 38.4 Å². The van der Waals surface area contributed by atoms with Gasteiger partial charge in [-0.2, -0.15) is 0 Å². The number of rotatable bonds is 5. The quantitative estimate of drug-likeness (QED) is 0.923. The van der Waals surface area contributed by atoms with Crippen LogP contribution in [0.4, 0.5) is 4.39 Å². The lowest BCUT2D eigenvalue weighted by atomic mass is 10.00. The predicted molar refractivity (Wildman–Crippen MR) is 85.1 cm³/mol. The van der Waals surface area contributed by atoms with Gasteiger partial charge in [0.1, 0.15) is 11.3 Å². The van der Waals surface area contributed by atoms with Crippen LogP contribution >= 0.6 is 0 Å². The molecule has 1 unspecified atom stereocenters. The van der Waals surface area contributed by atoms with Crippen LogP contribution in [0, 0.1) is 5.82 Å². The summed E-state index contributed by atoms with van der Waals surface area (Å²) in [5.74, 6) is 0.670. The van der Waals surface area contributed by atoms with Gasteiger partial charge in [-0.05, 0) is 44.9 Å². The van der Waals surface area contributed by atoms with E-state index in [1.807, 2.05) is 6.07 Å². The van der Waals surface area contributed by atoms with Crippen molar-refractivity contribution in [2.75, 3.05) is 13.2 Å². The maximum atomic E-state index is 14.0. The number of likely N-dealkylation sites (tertiary alicyclic amines) is 1. The second kappa shape index (κ2) is 6.75. The fourth-order valence-electron chi connectivity index (χ4n) is 3.56. The number of aliphatic hydroxyl groups is 1. The molecule has 3 rings (SSSR count). The van der Waals surface area contributed by atoms with E-state index in [0.717, 1.165) is 43.8 Å². The summed E-state index contributed by atoms with van der Waals surface area (Å²) in [7, 11) is 0. The summed E-state index contributed by atoms with van der Waals surface area (Å²) in [6.07, 6.45) is 4.34. The van der Waals surface area contributed by atoms with Gasteiger partial charge < -0.3 is 9.67 Å². The minimum atomic E-state index is -0.253. The van der Waals surface area contributed by atoms with Crippen LogP contribution in [0.15, 0.2) is 18.2 Å². The number of imidazole rings is 1. The molecule has 22 heavy (non-hydrogen) atoms. The molecule has 1 N–H and O–H groups in total. The SMILES string of the molecule is CCn1c(CN2CCCCC2CCO)nc2c(F)cccc21. The summed E-state index contributed by atoms with van der Waals surface area (Å²) in [6.45, 7) is 4.83. The van der Waals surface area contributed by atoms with E-state index in [1.165, 1.54) is 18.9 Å².